The predicted molar refractivity (Wildman–Crippen MR) is 127 cm³/mol. The van der Waals surface area contributed by atoms with E-state index >= 15 is 0 Å². The second-order valence-corrected chi connectivity index (χ2v) is 12.6. The summed E-state index contributed by atoms with van der Waals surface area (Å²) in [5.41, 5.74) is 1.90. The topological polar surface area (TPSA) is 63.2 Å². The molecular formula is C22H23Cl2N3O2S2. The number of allylic oxidation sites excluding steroid dienone is 2. The smallest absolute Gasteiger partial charge is 0.234 e. The lowest BCUT2D eigenvalue weighted by Gasteiger charge is -2.42. The molecule has 0 spiro atoms. The van der Waals surface area contributed by atoms with Crippen LogP contribution in [-0.4, -0.2) is 27.1 Å². The maximum atomic E-state index is 13.4. The molecular weight excluding hydrogens is 473 g/mol. The zero-order valence-electron chi connectivity index (χ0n) is 17.7. The Morgan fingerprint density at radius 2 is 1.94 bits per heavy atom. The number of benzene rings is 1. The number of Topliss-reactive ketones (excluding diaryl/α,β-unsaturated/α-hetero) is 1. The quantitative estimate of drug-likeness (QED) is 0.357. The van der Waals surface area contributed by atoms with Gasteiger partial charge in [0.2, 0.25) is 11.0 Å². The highest BCUT2D eigenvalue weighted by molar-refractivity contribution is 8.01. The Kier molecular flexibility index (Phi) is 6.25. The molecule has 9 heteroatoms. The van der Waals surface area contributed by atoms with E-state index in [1.54, 1.807) is 28.8 Å². The van der Waals surface area contributed by atoms with Crippen molar-refractivity contribution in [3.63, 3.8) is 0 Å². The molecule has 0 saturated carbocycles. The fourth-order valence-corrected chi connectivity index (χ4v) is 6.88. The number of rotatable bonds is 4. The Morgan fingerprint density at radius 1 is 1.19 bits per heavy atom. The number of anilines is 1. The molecule has 4 rings (SSSR count). The van der Waals surface area contributed by atoms with Crippen LogP contribution < -0.4 is 4.90 Å². The summed E-state index contributed by atoms with van der Waals surface area (Å²) in [6.45, 7) is 8.27. The first kappa shape index (κ1) is 22.8. The second-order valence-electron chi connectivity index (χ2n) is 8.97. The minimum Gasteiger partial charge on any atom is -0.294 e. The number of carbonyl (C=O) groups is 2. The fraction of sp³-hybridized carbons (Fsp3) is 0.455. The average molecular weight is 496 g/mol. The maximum Gasteiger partial charge on any atom is 0.234 e. The van der Waals surface area contributed by atoms with Crippen LogP contribution in [-0.2, 0) is 9.59 Å². The monoisotopic (exact) mass is 495 g/mol. The SMILES string of the molecule is CC(C)Sc1nnc(N2C(=O)C[C@@H](c3ccc(Cl)cc3Cl)C3=C2CC(C)(C)CC3=O)s1. The number of aromatic nitrogens is 2. The van der Waals surface area contributed by atoms with Gasteiger partial charge in [0.05, 0.1) is 0 Å². The number of halogens is 2. The van der Waals surface area contributed by atoms with Crippen LogP contribution in [0.2, 0.25) is 10.0 Å². The molecule has 164 valence electrons. The summed E-state index contributed by atoms with van der Waals surface area (Å²) in [4.78, 5) is 28.4. The third-order valence-corrected chi connectivity index (χ3v) is 7.96. The Hall–Kier alpha value is -1.41. The third-order valence-electron chi connectivity index (χ3n) is 5.40. The van der Waals surface area contributed by atoms with E-state index in [9.17, 15) is 9.59 Å². The fourth-order valence-electron chi connectivity index (χ4n) is 4.23. The van der Waals surface area contributed by atoms with Crippen molar-refractivity contribution in [3.05, 3.63) is 45.1 Å². The van der Waals surface area contributed by atoms with Crippen molar-refractivity contribution in [1.29, 1.82) is 0 Å². The van der Waals surface area contributed by atoms with Crippen molar-refractivity contribution >= 4 is 63.1 Å². The van der Waals surface area contributed by atoms with E-state index in [1.807, 2.05) is 6.07 Å². The minimum atomic E-state index is -0.385. The van der Waals surface area contributed by atoms with Gasteiger partial charge >= 0.3 is 0 Å². The van der Waals surface area contributed by atoms with Crippen molar-refractivity contribution in [1.82, 2.24) is 10.2 Å². The summed E-state index contributed by atoms with van der Waals surface area (Å²) in [5, 5.41) is 10.4. The van der Waals surface area contributed by atoms with Crippen LogP contribution >= 0.6 is 46.3 Å². The van der Waals surface area contributed by atoms with E-state index in [2.05, 4.69) is 37.9 Å². The largest absolute Gasteiger partial charge is 0.294 e. The highest BCUT2D eigenvalue weighted by Crippen LogP contribution is 2.49. The van der Waals surface area contributed by atoms with Gasteiger partial charge in [-0.15, -0.1) is 10.2 Å². The average Bonchev–Trinajstić information content (AvgIpc) is 3.06. The highest BCUT2D eigenvalue weighted by Gasteiger charge is 2.45. The van der Waals surface area contributed by atoms with Crippen molar-refractivity contribution < 1.29 is 9.59 Å². The first-order valence-corrected chi connectivity index (χ1v) is 12.6. The molecule has 0 N–H and O–H groups in total. The van der Waals surface area contributed by atoms with Gasteiger partial charge in [-0.2, -0.15) is 0 Å². The molecule has 2 aliphatic rings. The molecule has 0 fully saturated rings. The lowest BCUT2D eigenvalue weighted by molar-refractivity contribution is -0.121. The van der Waals surface area contributed by atoms with Crippen LogP contribution in [0.5, 0.6) is 0 Å². The first-order chi connectivity index (χ1) is 14.6. The molecule has 0 unspecified atom stereocenters. The number of hydrogen-bond donors (Lipinski definition) is 0. The minimum absolute atomic E-state index is 0.0565. The number of amides is 1. The summed E-state index contributed by atoms with van der Waals surface area (Å²) < 4.78 is 0.809. The second kappa shape index (κ2) is 8.50. The van der Waals surface area contributed by atoms with Crippen molar-refractivity contribution in [3.8, 4) is 0 Å². The van der Waals surface area contributed by atoms with E-state index in [4.69, 9.17) is 23.2 Å². The van der Waals surface area contributed by atoms with Crippen molar-refractivity contribution in [2.24, 2.45) is 5.41 Å². The molecule has 1 amide bonds. The molecule has 1 aliphatic heterocycles. The molecule has 1 aliphatic carbocycles. The van der Waals surface area contributed by atoms with Gasteiger partial charge in [-0.05, 0) is 29.5 Å². The van der Waals surface area contributed by atoms with Crippen LogP contribution in [0.15, 0.2) is 33.8 Å². The predicted octanol–water partition coefficient (Wildman–Crippen LogP) is 6.51. The van der Waals surface area contributed by atoms with Gasteiger partial charge in [-0.1, -0.05) is 80.1 Å². The van der Waals surface area contributed by atoms with Gasteiger partial charge in [-0.25, -0.2) is 0 Å². The van der Waals surface area contributed by atoms with E-state index in [-0.39, 0.29) is 29.4 Å². The standard InChI is InChI=1S/C22H23Cl2N3O2S2/c1-11(2)30-21-26-25-20(31-21)27-16-9-22(3,4)10-17(28)19(16)14(8-18(27)29)13-6-5-12(23)7-15(13)24/h5-7,11,14H,8-10H2,1-4H3/t14-/m0/s1. The number of thioether (sulfide) groups is 1. The molecule has 0 saturated heterocycles. The molecule has 0 bridgehead atoms. The number of carbonyl (C=O) groups excluding carboxylic acids is 2. The molecule has 1 aromatic heterocycles. The van der Waals surface area contributed by atoms with Crippen LogP contribution in [0.1, 0.15) is 58.4 Å². The maximum absolute atomic E-state index is 13.4. The Morgan fingerprint density at radius 3 is 2.61 bits per heavy atom. The molecule has 2 aromatic rings. The Bertz CT molecular complexity index is 1090. The van der Waals surface area contributed by atoms with Gasteiger partial charge < -0.3 is 0 Å². The zero-order valence-corrected chi connectivity index (χ0v) is 20.9. The normalized spacial score (nSPS) is 21.1. The number of hydrogen-bond acceptors (Lipinski definition) is 6. The van der Waals surface area contributed by atoms with Crippen molar-refractivity contribution in [2.45, 2.75) is 62.5 Å². The van der Waals surface area contributed by atoms with Gasteiger partial charge in [0.25, 0.3) is 0 Å². The van der Waals surface area contributed by atoms with Crippen LogP contribution in [0.3, 0.4) is 0 Å². The van der Waals surface area contributed by atoms with E-state index in [0.717, 1.165) is 15.6 Å². The third kappa shape index (κ3) is 4.56. The lowest BCUT2D eigenvalue weighted by Crippen LogP contribution is -2.43. The summed E-state index contributed by atoms with van der Waals surface area (Å²) in [7, 11) is 0. The first-order valence-electron chi connectivity index (χ1n) is 10.1. The Labute approximate surface area is 200 Å². The van der Waals surface area contributed by atoms with E-state index in [1.165, 1.54) is 11.3 Å². The molecule has 31 heavy (non-hydrogen) atoms. The molecule has 5 nitrogen and oxygen atoms in total. The highest BCUT2D eigenvalue weighted by atomic mass is 35.5. The number of nitrogens with zero attached hydrogens (tertiary/aromatic N) is 3. The van der Waals surface area contributed by atoms with E-state index < -0.39 is 0 Å². The summed E-state index contributed by atoms with van der Waals surface area (Å²) in [5.74, 6) is -0.428. The molecule has 1 atom stereocenters. The number of ketones is 1. The molecule has 1 aromatic carbocycles. The van der Waals surface area contributed by atoms with Gasteiger partial charge in [0.1, 0.15) is 0 Å². The van der Waals surface area contributed by atoms with Crippen LogP contribution in [0.4, 0.5) is 5.13 Å². The summed E-state index contributed by atoms with van der Waals surface area (Å²) in [6.07, 6.45) is 1.19. The summed E-state index contributed by atoms with van der Waals surface area (Å²) >= 11 is 15.6. The van der Waals surface area contributed by atoms with Crippen molar-refractivity contribution in [2.75, 3.05) is 4.90 Å². The van der Waals surface area contributed by atoms with Gasteiger partial charge in [0, 0.05) is 45.3 Å². The molecule has 2 heterocycles. The van der Waals surface area contributed by atoms with Gasteiger partial charge in [-0.3, -0.25) is 14.5 Å². The van der Waals surface area contributed by atoms with E-state index in [0.29, 0.717) is 38.8 Å². The van der Waals surface area contributed by atoms with Crippen LogP contribution in [0.25, 0.3) is 0 Å². The lowest BCUT2D eigenvalue weighted by atomic mass is 9.69. The zero-order chi connectivity index (χ0) is 22.5. The Balaban J connectivity index is 1.84. The van der Waals surface area contributed by atoms with Crippen LogP contribution in [0, 0.1) is 5.41 Å². The summed E-state index contributed by atoms with van der Waals surface area (Å²) in [6, 6.07) is 5.22. The van der Waals surface area contributed by atoms with Gasteiger partial charge in [0.15, 0.2) is 10.1 Å². The molecule has 0 radical (unpaired) electrons.